The van der Waals surface area contributed by atoms with Crippen LogP contribution in [0.4, 0.5) is 0 Å². The summed E-state index contributed by atoms with van der Waals surface area (Å²) in [4.78, 5) is 0. The fourth-order valence-electron chi connectivity index (χ4n) is 2.74. The van der Waals surface area contributed by atoms with E-state index in [1.54, 1.807) is 0 Å². The van der Waals surface area contributed by atoms with Gasteiger partial charge < -0.3 is 0 Å². The van der Waals surface area contributed by atoms with Crippen LogP contribution in [0.3, 0.4) is 0 Å². The average molecular weight is 226 g/mol. The van der Waals surface area contributed by atoms with E-state index in [-0.39, 0.29) is 0 Å². The molecule has 0 aliphatic heterocycles. The van der Waals surface area contributed by atoms with Crippen molar-refractivity contribution in [1.29, 1.82) is 0 Å². The summed E-state index contributed by atoms with van der Waals surface area (Å²) in [5, 5.41) is 0. The fourth-order valence-corrected chi connectivity index (χ4v) is 2.74. The zero-order valence-electron chi connectivity index (χ0n) is 12.8. The Morgan fingerprint density at radius 3 is 1.88 bits per heavy atom. The zero-order valence-corrected chi connectivity index (χ0v) is 12.8. The molecule has 0 aromatic carbocycles. The Labute approximate surface area is 104 Å². The maximum Gasteiger partial charge on any atom is -0.0326 e. The van der Waals surface area contributed by atoms with Crippen molar-refractivity contribution in [2.75, 3.05) is 0 Å². The van der Waals surface area contributed by atoms with Gasteiger partial charge in [-0.05, 0) is 29.6 Å². The summed E-state index contributed by atoms with van der Waals surface area (Å²) < 4.78 is 0. The lowest BCUT2D eigenvalue weighted by Crippen LogP contribution is -2.28. The van der Waals surface area contributed by atoms with Crippen LogP contribution in [0, 0.1) is 23.2 Å². The minimum absolute atomic E-state index is 0.520. The van der Waals surface area contributed by atoms with Crippen LogP contribution in [0.1, 0.15) is 80.6 Å². The lowest BCUT2D eigenvalue weighted by Gasteiger charge is -2.38. The fraction of sp³-hybridized carbons (Fsp3) is 1.00. The van der Waals surface area contributed by atoms with Crippen molar-refractivity contribution in [2.45, 2.75) is 80.6 Å². The molecule has 0 fully saturated rings. The summed E-state index contributed by atoms with van der Waals surface area (Å²) in [6.07, 6.45) is 6.87. The van der Waals surface area contributed by atoms with Gasteiger partial charge >= 0.3 is 0 Å². The smallest absolute Gasteiger partial charge is 0.0326 e. The van der Waals surface area contributed by atoms with Gasteiger partial charge in [0.1, 0.15) is 0 Å². The summed E-state index contributed by atoms with van der Waals surface area (Å²) in [5.74, 6) is 2.64. The molecule has 0 bridgehead atoms. The second-order valence-electron chi connectivity index (χ2n) is 6.66. The third-order valence-corrected chi connectivity index (χ3v) is 4.54. The SMILES string of the molecule is CCC(C)C(CCCC(C)C)C(C)(C)CC. The van der Waals surface area contributed by atoms with Crippen molar-refractivity contribution in [3.63, 3.8) is 0 Å². The molecule has 2 atom stereocenters. The van der Waals surface area contributed by atoms with Gasteiger partial charge in [-0.3, -0.25) is 0 Å². The summed E-state index contributed by atoms with van der Waals surface area (Å²) in [6.45, 7) is 16.7. The molecule has 16 heavy (non-hydrogen) atoms. The normalized spacial score (nSPS) is 16.5. The molecule has 2 unspecified atom stereocenters. The maximum absolute atomic E-state index is 2.46. The first-order chi connectivity index (χ1) is 7.35. The van der Waals surface area contributed by atoms with Crippen LogP contribution >= 0.6 is 0 Å². The van der Waals surface area contributed by atoms with Gasteiger partial charge in [0.2, 0.25) is 0 Å². The Balaban J connectivity index is 4.33. The molecule has 0 heteroatoms. The van der Waals surface area contributed by atoms with Crippen LogP contribution in [0.15, 0.2) is 0 Å². The first kappa shape index (κ1) is 16.0. The first-order valence-electron chi connectivity index (χ1n) is 7.35. The Kier molecular flexibility index (Phi) is 7.35. The van der Waals surface area contributed by atoms with E-state index in [2.05, 4.69) is 48.5 Å². The van der Waals surface area contributed by atoms with E-state index in [1.807, 2.05) is 0 Å². The van der Waals surface area contributed by atoms with Crippen molar-refractivity contribution in [3.8, 4) is 0 Å². The lowest BCUT2D eigenvalue weighted by molar-refractivity contribution is 0.123. The number of hydrogen-bond donors (Lipinski definition) is 0. The highest BCUT2D eigenvalue weighted by Crippen LogP contribution is 2.40. The van der Waals surface area contributed by atoms with Gasteiger partial charge in [-0.25, -0.2) is 0 Å². The first-order valence-corrected chi connectivity index (χ1v) is 7.35. The van der Waals surface area contributed by atoms with E-state index in [1.165, 1.54) is 32.1 Å². The summed E-state index contributed by atoms with van der Waals surface area (Å²) in [6, 6.07) is 0. The van der Waals surface area contributed by atoms with Gasteiger partial charge in [-0.1, -0.05) is 74.1 Å². The summed E-state index contributed by atoms with van der Waals surface area (Å²) in [7, 11) is 0. The van der Waals surface area contributed by atoms with E-state index >= 15 is 0 Å². The van der Waals surface area contributed by atoms with Gasteiger partial charge in [0.15, 0.2) is 0 Å². The lowest BCUT2D eigenvalue weighted by atomic mass is 9.68. The van der Waals surface area contributed by atoms with Crippen molar-refractivity contribution in [1.82, 2.24) is 0 Å². The molecule has 0 aromatic rings. The van der Waals surface area contributed by atoms with Gasteiger partial charge in [0.25, 0.3) is 0 Å². The average Bonchev–Trinajstić information content (AvgIpc) is 2.22. The van der Waals surface area contributed by atoms with Crippen LogP contribution in [0.5, 0.6) is 0 Å². The molecule has 0 rings (SSSR count). The van der Waals surface area contributed by atoms with Crippen molar-refractivity contribution in [2.24, 2.45) is 23.2 Å². The van der Waals surface area contributed by atoms with Crippen LogP contribution in [-0.2, 0) is 0 Å². The molecule has 0 spiro atoms. The molecule has 0 nitrogen and oxygen atoms in total. The van der Waals surface area contributed by atoms with E-state index in [0.717, 1.165) is 17.8 Å². The highest BCUT2D eigenvalue weighted by Gasteiger charge is 2.30. The Bertz CT molecular complexity index is 167. The second-order valence-corrected chi connectivity index (χ2v) is 6.66. The minimum Gasteiger partial charge on any atom is -0.0651 e. The molecule has 0 aliphatic rings. The Hall–Kier alpha value is 0. The molecule has 0 N–H and O–H groups in total. The summed E-state index contributed by atoms with van der Waals surface area (Å²) >= 11 is 0. The standard InChI is InChI=1S/C16H34/c1-8-14(5)15(16(6,7)9-2)12-10-11-13(3)4/h13-15H,8-12H2,1-7H3. The van der Waals surface area contributed by atoms with Gasteiger partial charge in [0.05, 0.1) is 0 Å². The molecular weight excluding hydrogens is 192 g/mol. The van der Waals surface area contributed by atoms with Crippen molar-refractivity contribution in [3.05, 3.63) is 0 Å². The highest BCUT2D eigenvalue weighted by atomic mass is 14.4. The molecule has 0 heterocycles. The molecule has 0 radical (unpaired) electrons. The van der Waals surface area contributed by atoms with E-state index < -0.39 is 0 Å². The van der Waals surface area contributed by atoms with Crippen LogP contribution in [-0.4, -0.2) is 0 Å². The molecule has 0 saturated heterocycles. The van der Waals surface area contributed by atoms with Crippen molar-refractivity contribution >= 4 is 0 Å². The highest BCUT2D eigenvalue weighted by molar-refractivity contribution is 4.80. The quantitative estimate of drug-likeness (QED) is 0.482. The number of rotatable bonds is 8. The largest absolute Gasteiger partial charge is 0.0651 e. The van der Waals surface area contributed by atoms with Crippen LogP contribution < -0.4 is 0 Å². The number of hydrogen-bond acceptors (Lipinski definition) is 0. The topological polar surface area (TPSA) is 0 Å². The minimum atomic E-state index is 0.520. The zero-order chi connectivity index (χ0) is 12.8. The van der Waals surface area contributed by atoms with Gasteiger partial charge in [-0.2, -0.15) is 0 Å². The monoisotopic (exact) mass is 226 g/mol. The molecule has 0 amide bonds. The molecular formula is C16H34. The van der Waals surface area contributed by atoms with E-state index in [9.17, 15) is 0 Å². The second kappa shape index (κ2) is 7.35. The molecule has 0 aliphatic carbocycles. The van der Waals surface area contributed by atoms with Gasteiger partial charge in [0, 0.05) is 0 Å². The van der Waals surface area contributed by atoms with E-state index in [4.69, 9.17) is 0 Å². The predicted molar refractivity (Wildman–Crippen MR) is 75.7 cm³/mol. The third-order valence-electron chi connectivity index (χ3n) is 4.54. The van der Waals surface area contributed by atoms with Crippen LogP contribution in [0.25, 0.3) is 0 Å². The predicted octanol–water partition coefficient (Wildman–Crippen LogP) is 5.91. The van der Waals surface area contributed by atoms with E-state index in [0.29, 0.717) is 5.41 Å². The van der Waals surface area contributed by atoms with Crippen molar-refractivity contribution < 1.29 is 0 Å². The summed E-state index contributed by atoms with van der Waals surface area (Å²) in [5.41, 5.74) is 0.520. The van der Waals surface area contributed by atoms with Crippen LogP contribution in [0.2, 0.25) is 0 Å². The maximum atomic E-state index is 2.46. The Morgan fingerprint density at radius 1 is 0.938 bits per heavy atom. The third kappa shape index (κ3) is 5.37. The molecule has 98 valence electrons. The Morgan fingerprint density at radius 2 is 1.50 bits per heavy atom. The molecule has 0 aromatic heterocycles. The molecule has 0 saturated carbocycles. The van der Waals surface area contributed by atoms with Gasteiger partial charge in [-0.15, -0.1) is 0 Å².